The third-order valence-electron chi connectivity index (χ3n) is 7.33. The van der Waals surface area contributed by atoms with Gasteiger partial charge in [-0.25, -0.2) is 0 Å². The summed E-state index contributed by atoms with van der Waals surface area (Å²) in [5, 5.41) is 0.970. The second-order valence-electron chi connectivity index (χ2n) is 9.53. The minimum absolute atomic E-state index is 0.485. The van der Waals surface area contributed by atoms with Crippen LogP contribution in [0.5, 0.6) is 0 Å². The van der Waals surface area contributed by atoms with E-state index in [9.17, 15) is 0 Å². The normalized spacial score (nSPS) is 22.2. The molecule has 0 unspecified atom stereocenters. The molecule has 2 aliphatic rings. The number of hydrogen-bond donors (Lipinski definition) is 0. The Morgan fingerprint density at radius 2 is 0.875 bits per heavy atom. The van der Waals surface area contributed by atoms with Crippen LogP contribution in [-0.4, -0.2) is 48.1 Å². The maximum Gasteiger partial charge on any atom is 0.0553 e. The summed E-state index contributed by atoms with van der Waals surface area (Å²) >= 11 is 0. The third-order valence-corrected chi connectivity index (χ3v) is 10.8. The molecule has 4 heteroatoms. The van der Waals surface area contributed by atoms with Crippen LogP contribution in [0, 0.1) is 0 Å². The molecule has 174 valence electrons. The van der Waals surface area contributed by atoms with Crippen molar-refractivity contribution in [3.8, 4) is 0 Å². The molecular weight excluding hydrogens is 428 g/mol. The van der Waals surface area contributed by atoms with E-state index in [1.807, 2.05) is 0 Å². The topological polar surface area (TPSA) is 6.48 Å². The van der Waals surface area contributed by atoms with Crippen molar-refractivity contribution in [2.24, 2.45) is 0 Å². The quantitative estimate of drug-likeness (QED) is 0.349. The molecule has 2 aromatic carbocycles. The van der Waals surface area contributed by atoms with Crippen LogP contribution >= 0.6 is 21.6 Å². The zero-order chi connectivity index (χ0) is 22.2. The predicted octanol–water partition coefficient (Wildman–Crippen LogP) is 7.60. The molecule has 0 bridgehead atoms. The van der Waals surface area contributed by atoms with Crippen molar-refractivity contribution in [1.82, 2.24) is 9.80 Å². The van der Waals surface area contributed by atoms with Crippen LogP contribution in [-0.2, 0) is 0 Å². The van der Waals surface area contributed by atoms with Gasteiger partial charge in [-0.3, -0.25) is 9.80 Å². The van der Waals surface area contributed by atoms with Crippen molar-refractivity contribution >= 4 is 21.6 Å². The molecule has 0 radical (unpaired) electrons. The molecule has 2 saturated heterocycles. The summed E-state index contributed by atoms with van der Waals surface area (Å²) in [6, 6.07) is 23.6. The molecule has 2 aliphatic heterocycles. The van der Waals surface area contributed by atoms with Crippen LogP contribution in [0.4, 0.5) is 0 Å². The van der Waals surface area contributed by atoms with Crippen molar-refractivity contribution in [3.63, 3.8) is 0 Å². The summed E-state index contributed by atoms with van der Waals surface area (Å²) in [7, 11) is 4.24. The van der Waals surface area contributed by atoms with Crippen LogP contribution in [0.25, 0.3) is 0 Å². The molecule has 4 rings (SSSR count). The molecule has 0 N–H and O–H groups in total. The van der Waals surface area contributed by atoms with Gasteiger partial charge in [0.1, 0.15) is 0 Å². The lowest BCUT2D eigenvalue weighted by Gasteiger charge is -2.39. The van der Waals surface area contributed by atoms with Gasteiger partial charge in [0.2, 0.25) is 0 Å². The molecule has 0 aliphatic carbocycles. The van der Waals surface area contributed by atoms with Crippen molar-refractivity contribution in [2.45, 2.75) is 75.0 Å². The van der Waals surface area contributed by atoms with Gasteiger partial charge in [-0.2, -0.15) is 0 Å². The monoisotopic (exact) mass is 468 g/mol. The Bertz CT molecular complexity index is 705. The van der Waals surface area contributed by atoms with E-state index in [-0.39, 0.29) is 0 Å². The van der Waals surface area contributed by atoms with Crippen molar-refractivity contribution in [3.05, 3.63) is 71.8 Å². The van der Waals surface area contributed by atoms with Gasteiger partial charge in [-0.05, 0) is 76.8 Å². The fraction of sp³-hybridized carbons (Fsp3) is 0.571. The molecule has 2 nitrogen and oxygen atoms in total. The highest BCUT2D eigenvalue weighted by Crippen LogP contribution is 2.50. The third kappa shape index (κ3) is 6.34. The summed E-state index contributed by atoms with van der Waals surface area (Å²) < 4.78 is 0. The second-order valence-corrected chi connectivity index (χ2v) is 12.1. The number of piperidine rings is 2. The van der Waals surface area contributed by atoms with E-state index in [1.54, 1.807) is 0 Å². The van der Waals surface area contributed by atoms with Gasteiger partial charge in [-0.15, -0.1) is 0 Å². The zero-order valence-corrected chi connectivity index (χ0v) is 21.5. The smallest absolute Gasteiger partial charge is 0.0553 e. The van der Waals surface area contributed by atoms with Crippen molar-refractivity contribution in [2.75, 3.05) is 26.2 Å². The van der Waals surface area contributed by atoms with Crippen LogP contribution in [0.15, 0.2) is 60.7 Å². The average Bonchev–Trinajstić information content (AvgIpc) is 2.88. The van der Waals surface area contributed by atoms with Gasteiger partial charge in [0, 0.05) is 12.1 Å². The first-order chi connectivity index (χ1) is 15.7. The highest BCUT2D eigenvalue weighted by atomic mass is 33.1. The molecule has 0 amide bonds. The first kappa shape index (κ1) is 24.2. The molecule has 0 aromatic heterocycles. The van der Waals surface area contributed by atoms with Gasteiger partial charge in [0.15, 0.2) is 0 Å². The molecule has 0 saturated carbocycles. The Kier molecular flexibility index (Phi) is 9.45. The van der Waals surface area contributed by atoms with E-state index in [4.69, 9.17) is 0 Å². The molecule has 0 spiro atoms. The molecule has 32 heavy (non-hydrogen) atoms. The lowest BCUT2D eigenvalue weighted by atomic mass is 10.0. The Hall–Kier alpha value is -0.940. The Morgan fingerprint density at radius 3 is 1.22 bits per heavy atom. The SMILES string of the molecule is C[C@@H]([C@H](SS[C@H](c1ccccc1)[C@H](C)N1CCCCC1)c1ccccc1)N1CCCCC1. The highest BCUT2D eigenvalue weighted by Gasteiger charge is 2.31. The Balaban J connectivity index is 1.53. The molecule has 2 fully saturated rings. The van der Waals surface area contributed by atoms with Gasteiger partial charge < -0.3 is 0 Å². The van der Waals surface area contributed by atoms with Crippen molar-refractivity contribution in [1.29, 1.82) is 0 Å². The lowest BCUT2D eigenvalue weighted by Crippen LogP contribution is -2.41. The van der Waals surface area contributed by atoms with E-state index < -0.39 is 0 Å². The van der Waals surface area contributed by atoms with Gasteiger partial charge >= 0.3 is 0 Å². The van der Waals surface area contributed by atoms with E-state index in [0.29, 0.717) is 22.6 Å². The van der Waals surface area contributed by atoms with Crippen LogP contribution < -0.4 is 0 Å². The largest absolute Gasteiger partial charge is 0.299 e. The van der Waals surface area contributed by atoms with Gasteiger partial charge in [-0.1, -0.05) is 95.1 Å². The lowest BCUT2D eigenvalue weighted by molar-refractivity contribution is 0.170. The minimum atomic E-state index is 0.485. The number of hydrogen-bond acceptors (Lipinski definition) is 4. The fourth-order valence-corrected chi connectivity index (χ4v) is 9.06. The number of nitrogens with zero attached hydrogens (tertiary/aromatic N) is 2. The number of benzene rings is 2. The second kappa shape index (κ2) is 12.5. The first-order valence-electron chi connectivity index (χ1n) is 12.6. The Morgan fingerprint density at radius 1 is 0.531 bits per heavy atom. The van der Waals surface area contributed by atoms with Gasteiger partial charge in [0.05, 0.1) is 10.5 Å². The zero-order valence-electron chi connectivity index (χ0n) is 19.9. The van der Waals surface area contributed by atoms with E-state index >= 15 is 0 Å². The van der Waals surface area contributed by atoms with Gasteiger partial charge in [0.25, 0.3) is 0 Å². The van der Waals surface area contributed by atoms with E-state index in [0.717, 1.165) is 0 Å². The maximum atomic E-state index is 2.74. The first-order valence-corrected chi connectivity index (χ1v) is 14.9. The molecule has 2 heterocycles. The van der Waals surface area contributed by atoms with Crippen LogP contribution in [0.3, 0.4) is 0 Å². The summed E-state index contributed by atoms with van der Waals surface area (Å²) in [6.45, 7) is 9.93. The molecular formula is C28H40N2S2. The molecule has 4 atom stereocenters. The number of rotatable bonds is 9. The van der Waals surface area contributed by atoms with Crippen LogP contribution in [0.1, 0.15) is 74.0 Å². The fourth-order valence-electron chi connectivity index (χ4n) is 5.27. The summed E-state index contributed by atoms with van der Waals surface area (Å²) in [5.41, 5.74) is 2.95. The molecule has 2 aromatic rings. The highest BCUT2D eigenvalue weighted by molar-refractivity contribution is 8.76. The van der Waals surface area contributed by atoms with E-state index in [2.05, 4.69) is 106 Å². The van der Waals surface area contributed by atoms with Crippen LogP contribution in [0.2, 0.25) is 0 Å². The summed E-state index contributed by atoms with van der Waals surface area (Å²) in [6.07, 6.45) is 8.18. The summed E-state index contributed by atoms with van der Waals surface area (Å²) in [5.74, 6) is 0. The van der Waals surface area contributed by atoms with Crippen molar-refractivity contribution < 1.29 is 0 Å². The minimum Gasteiger partial charge on any atom is -0.299 e. The predicted molar refractivity (Wildman–Crippen MR) is 143 cm³/mol. The van der Waals surface area contributed by atoms with E-state index in [1.165, 1.54) is 75.8 Å². The number of likely N-dealkylation sites (tertiary alicyclic amines) is 2. The Labute approximate surface area is 203 Å². The maximum absolute atomic E-state index is 2.74. The summed E-state index contributed by atoms with van der Waals surface area (Å²) in [4.78, 5) is 5.47. The average molecular weight is 469 g/mol. The standard InChI is InChI=1S/C28H40N2S2/c1-23(29-19-11-5-12-20-29)27(25-15-7-3-8-16-25)31-32-28(26-17-9-4-10-18-26)24(2)30-21-13-6-14-22-30/h3-4,7-10,15-18,23-24,27-28H,5-6,11-14,19-22H2,1-2H3/t23-,24-,27-,28-/m0/s1.